The number of primary amides is 1. The van der Waals surface area contributed by atoms with Crippen LogP contribution < -0.4 is 5.73 Å². The van der Waals surface area contributed by atoms with E-state index < -0.39 is 11.8 Å². The van der Waals surface area contributed by atoms with Crippen LogP contribution in [0, 0.1) is 5.92 Å². The zero-order valence-electron chi connectivity index (χ0n) is 11.1. The number of amides is 1. The number of halogens is 2. The Labute approximate surface area is 108 Å². The molecular formula is C13H24F2N2O. The highest BCUT2D eigenvalue weighted by Gasteiger charge is 2.40. The Morgan fingerprint density at radius 1 is 1.33 bits per heavy atom. The van der Waals surface area contributed by atoms with Gasteiger partial charge in [-0.05, 0) is 19.4 Å². The number of nitrogens with zero attached hydrogens (tertiary/aromatic N) is 1. The van der Waals surface area contributed by atoms with E-state index in [0.717, 1.165) is 32.2 Å². The van der Waals surface area contributed by atoms with Gasteiger partial charge in [-0.15, -0.1) is 0 Å². The number of carbonyl (C=O) groups is 1. The maximum atomic E-state index is 13.3. The average molecular weight is 262 g/mol. The zero-order valence-corrected chi connectivity index (χ0v) is 11.1. The summed E-state index contributed by atoms with van der Waals surface area (Å²) in [6, 6.07) is 0. The van der Waals surface area contributed by atoms with E-state index >= 15 is 0 Å². The summed E-state index contributed by atoms with van der Waals surface area (Å²) in [5.74, 6) is -3.28. The van der Waals surface area contributed by atoms with Crippen molar-refractivity contribution in [1.29, 1.82) is 0 Å². The lowest BCUT2D eigenvalue weighted by Gasteiger charge is -2.36. The van der Waals surface area contributed by atoms with Gasteiger partial charge in [-0.2, -0.15) is 0 Å². The molecule has 1 unspecified atom stereocenters. The Bertz CT molecular complexity index is 272. The number of rotatable bonds is 7. The van der Waals surface area contributed by atoms with Crippen LogP contribution in [0.4, 0.5) is 8.78 Å². The van der Waals surface area contributed by atoms with Gasteiger partial charge in [0.15, 0.2) is 0 Å². The van der Waals surface area contributed by atoms with Crippen molar-refractivity contribution in [2.75, 3.05) is 19.6 Å². The Balaban J connectivity index is 2.05. The molecular weight excluding hydrogens is 238 g/mol. The van der Waals surface area contributed by atoms with Crippen molar-refractivity contribution >= 4 is 5.91 Å². The minimum atomic E-state index is -2.49. The van der Waals surface area contributed by atoms with Crippen molar-refractivity contribution in [3.8, 4) is 0 Å². The van der Waals surface area contributed by atoms with Crippen molar-refractivity contribution in [3.05, 3.63) is 0 Å². The maximum Gasteiger partial charge on any atom is 0.253 e. The second-order valence-electron chi connectivity index (χ2n) is 5.34. The molecule has 0 radical (unpaired) electrons. The SMILES string of the molecule is CC1CN(CCCCCCC(N)=O)CCC1(F)F. The Morgan fingerprint density at radius 2 is 2.00 bits per heavy atom. The first-order valence-electron chi connectivity index (χ1n) is 6.80. The summed E-state index contributed by atoms with van der Waals surface area (Å²) in [5, 5.41) is 0. The van der Waals surface area contributed by atoms with Crippen molar-refractivity contribution in [2.24, 2.45) is 11.7 Å². The van der Waals surface area contributed by atoms with E-state index in [2.05, 4.69) is 4.90 Å². The number of likely N-dealkylation sites (tertiary alicyclic amines) is 1. The minimum absolute atomic E-state index is 0.0180. The van der Waals surface area contributed by atoms with Gasteiger partial charge in [-0.3, -0.25) is 4.79 Å². The number of carbonyl (C=O) groups excluding carboxylic acids is 1. The first-order valence-corrected chi connectivity index (χ1v) is 6.80. The molecule has 1 saturated heterocycles. The summed E-state index contributed by atoms with van der Waals surface area (Å²) in [7, 11) is 0. The van der Waals surface area contributed by atoms with E-state index in [0.29, 0.717) is 19.5 Å². The molecule has 1 aliphatic heterocycles. The van der Waals surface area contributed by atoms with Gasteiger partial charge in [-0.1, -0.05) is 19.8 Å². The largest absolute Gasteiger partial charge is 0.370 e. The number of hydrogen-bond donors (Lipinski definition) is 1. The van der Waals surface area contributed by atoms with Gasteiger partial charge < -0.3 is 10.6 Å². The smallest absolute Gasteiger partial charge is 0.253 e. The van der Waals surface area contributed by atoms with Crippen molar-refractivity contribution in [2.45, 2.75) is 51.4 Å². The summed E-state index contributed by atoms with van der Waals surface area (Å²) in [5.41, 5.74) is 5.05. The molecule has 0 aliphatic carbocycles. The number of nitrogens with two attached hydrogens (primary N) is 1. The third-order valence-corrected chi connectivity index (χ3v) is 3.66. The molecule has 0 aromatic carbocycles. The fourth-order valence-electron chi connectivity index (χ4n) is 2.36. The molecule has 1 atom stereocenters. The van der Waals surface area contributed by atoms with Crippen LogP contribution in [0.15, 0.2) is 0 Å². The second-order valence-corrected chi connectivity index (χ2v) is 5.34. The molecule has 2 N–H and O–H groups in total. The molecule has 1 heterocycles. The maximum absolute atomic E-state index is 13.3. The van der Waals surface area contributed by atoms with Crippen molar-refractivity contribution in [3.63, 3.8) is 0 Å². The predicted molar refractivity (Wildman–Crippen MR) is 67.4 cm³/mol. The lowest BCUT2D eigenvalue weighted by molar-refractivity contribution is -0.118. The number of alkyl halides is 2. The van der Waals surface area contributed by atoms with E-state index in [1.807, 2.05) is 0 Å². The molecule has 1 amide bonds. The highest BCUT2D eigenvalue weighted by atomic mass is 19.3. The van der Waals surface area contributed by atoms with Crippen LogP contribution in [0.1, 0.15) is 45.4 Å². The topological polar surface area (TPSA) is 46.3 Å². The van der Waals surface area contributed by atoms with Crippen LogP contribution in [-0.4, -0.2) is 36.4 Å². The number of piperidine rings is 1. The quantitative estimate of drug-likeness (QED) is 0.716. The lowest BCUT2D eigenvalue weighted by Crippen LogP contribution is -2.46. The van der Waals surface area contributed by atoms with Gasteiger partial charge in [0.1, 0.15) is 0 Å². The molecule has 0 aromatic heterocycles. The highest BCUT2D eigenvalue weighted by Crippen LogP contribution is 2.32. The predicted octanol–water partition coefficient (Wildman–Crippen LogP) is 2.40. The molecule has 1 rings (SSSR count). The third kappa shape index (κ3) is 5.29. The van der Waals surface area contributed by atoms with Gasteiger partial charge in [0.2, 0.25) is 5.91 Å². The molecule has 0 bridgehead atoms. The monoisotopic (exact) mass is 262 g/mol. The summed E-state index contributed by atoms with van der Waals surface area (Å²) in [6.07, 6.45) is 4.31. The Kier molecular flexibility index (Phi) is 5.99. The summed E-state index contributed by atoms with van der Waals surface area (Å²) in [4.78, 5) is 12.6. The molecule has 5 heteroatoms. The van der Waals surface area contributed by atoms with Crippen LogP contribution in [0.2, 0.25) is 0 Å². The Morgan fingerprint density at radius 3 is 2.61 bits per heavy atom. The van der Waals surface area contributed by atoms with Crippen molar-refractivity contribution < 1.29 is 13.6 Å². The first kappa shape index (κ1) is 15.3. The van der Waals surface area contributed by atoms with E-state index in [-0.39, 0.29) is 12.3 Å². The third-order valence-electron chi connectivity index (χ3n) is 3.66. The standard InChI is InChI=1S/C13H24F2N2O/c1-11-10-17(9-7-13(11,14)15)8-5-3-2-4-6-12(16)18/h11H,2-10H2,1H3,(H2,16,18). The van der Waals surface area contributed by atoms with Gasteiger partial charge in [0, 0.05) is 31.8 Å². The number of unbranched alkanes of at least 4 members (excludes halogenated alkanes) is 3. The van der Waals surface area contributed by atoms with Crippen LogP contribution in [0.25, 0.3) is 0 Å². The van der Waals surface area contributed by atoms with Crippen LogP contribution in [0.5, 0.6) is 0 Å². The van der Waals surface area contributed by atoms with E-state index in [1.54, 1.807) is 6.92 Å². The molecule has 0 spiro atoms. The fraction of sp³-hybridized carbons (Fsp3) is 0.923. The Hall–Kier alpha value is -0.710. The van der Waals surface area contributed by atoms with E-state index in [9.17, 15) is 13.6 Å². The lowest BCUT2D eigenvalue weighted by atomic mass is 9.95. The molecule has 1 fully saturated rings. The molecule has 1 aliphatic rings. The molecule has 106 valence electrons. The van der Waals surface area contributed by atoms with Crippen LogP contribution in [0.3, 0.4) is 0 Å². The summed E-state index contributed by atoms with van der Waals surface area (Å²) < 4.78 is 26.5. The molecule has 0 saturated carbocycles. The van der Waals surface area contributed by atoms with Crippen molar-refractivity contribution in [1.82, 2.24) is 4.90 Å². The van der Waals surface area contributed by atoms with E-state index in [1.165, 1.54) is 0 Å². The number of hydrogen-bond acceptors (Lipinski definition) is 2. The fourth-order valence-corrected chi connectivity index (χ4v) is 2.36. The molecule has 18 heavy (non-hydrogen) atoms. The summed E-state index contributed by atoms with van der Waals surface area (Å²) >= 11 is 0. The van der Waals surface area contributed by atoms with E-state index in [4.69, 9.17) is 5.73 Å². The highest BCUT2D eigenvalue weighted by molar-refractivity contribution is 5.73. The van der Waals surface area contributed by atoms with Gasteiger partial charge in [0.25, 0.3) is 5.92 Å². The normalized spacial score (nSPS) is 24.1. The van der Waals surface area contributed by atoms with Gasteiger partial charge in [0.05, 0.1) is 0 Å². The minimum Gasteiger partial charge on any atom is -0.370 e. The zero-order chi connectivity index (χ0) is 13.6. The van der Waals surface area contributed by atoms with Gasteiger partial charge >= 0.3 is 0 Å². The average Bonchev–Trinajstić information content (AvgIpc) is 2.28. The second kappa shape index (κ2) is 7.02. The molecule has 0 aromatic rings. The van der Waals surface area contributed by atoms with Crippen LogP contribution >= 0.6 is 0 Å². The van der Waals surface area contributed by atoms with Crippen LogP contribution in [-0.2, 0) is 4.79 Å². The van der Waals surface area contributed by atoms with Gasteiger partial charge in [-0.25, -0.2) is 8.78 Å². The summed E-state index contributed by atoms with van der Waals surface area (Å²) in [6.45, 7) is 3.50. The molecule has 3 nitrogen and oxygen atoms in total. The first-order chi connectivity index (χ1) is 8.42.